The Morgan fingerprint density at radius 1 is 1.12 bits per heavy atom. The van der Waals surface area contributed by atoms with Crippen LogP contribution in [-0.4, -0.2) is 55.8 Å². The molecule has 3 rings (SSSR count). The third kappa shape index (κ3) is 4.28. The summed E-state index contributed by atoms with van der Waals surface area (Å²) >= 11 is 4.48. The quantitative estimate of drug-likeness (QED) is 0.690. The van der Waals surface area contributed by atoms with E-state index in [-0.39, 0.29) is 19.0 Å². The van der Waals surface area contributed by atoms with Crippen LogP contribution in [0.15, 0.2) is 50.5 Å². The van der Waals surface area contributed by atoms with Crippen molar-refractivity contribution in [3.05, 3.63) is 46.3 Å². The molecular formula is C17H19BrN2O4S2. The van der Waals surface area contributed by atoms with Crippen LogP contribution in [0.1, 0.15) is 6.92 Å². The number of hydrogen-bond acceptors (Lipinski definition) is 5. The summed E-state index contributed by atoms with van der Waals surface area (Å²) in [6.45, 7) is 2.98. The molecule has 1 amide bonds. The van der Waals surface area contributed by atoms with Gasteiger partial charge in [-0.25, -0.2) is 8.42 Å². The highest BCUT2D eigenvalue weighted by Crippen LogP contribution is 2.29. The normalized spacial score (nSPS) is 17.1. The van der Waals surface area contributed by atoms with Crippen molar-refractivity contribution in [3.8, 4) is 5.75 Å². The molecular weight excluding hydrogens is 440 g/mol. The van der Waals surface area contributed by atoms with Crippen LogP contribution in [-0.2, 0) is 14.8 Å². The van der Waals surface area contributed by atoms with Gasteiger partial charge in [0.2, 0.25) is 0 Å². The number of carbonyl (C=O) groups excluding carboxylic acids is 1. The van der Waals surface area contributed by atoms with Gasteiger partial charge in [0.25, 0.3) is 15.9 Å². The van der Waals surface area contributed by atoms with E-state index in [1.54, 1.807) is 36.1 Å². The summed E-state index contributed by atoms with van der Waals surface area (Å²) in [6, 6.07) is 12.5. The van der Waals surface area contributed by atoms with Crippen LogP contribution in [0.4, 0.5) is 0 Å². The van der Waals surface area contributed by atoms with E-state index < -0.39 is 16.1 Å². The van der Waals surface area contributed by atoms with Gasteiger partial charge < -0.3 is 9.64 Å². The maximum atomic E-state index is 12.6. The predicted molar refractivity (Wildman–Crippen MR) is 104 cm³/mol. The van der Waals surface area contributed by atoms with Crippen LogP contribution < -0.4 is 4.74 Å². The Morgan fingerprint density at radius 2 is 1.77 bits per heavy atom. The zero-order chi connectivity index (χ0) is 18.7. The Hall–Kier alpha value is -1.42. The van der Waals surface area contributed by atoms with Gasteiger partial charge in [-0.2, -0.15) is 4.31 Å². The molecule has 1 saturated heterocycles. The van der Waals surface area contributed by atoms with E-state index in [1.165, 1.54) is 15.6 Å². The highest BCUT2D eigenvalue weighted by Gasteiger charge is 2.32. The highest BCUT2D eigenvalue weighted by atomic mass is 79.9. The largest absolute Gasteiger partial charge is 0.481 e. The lowest BCUT2D eigenvalue weighted by atomic mass is 10.3. The van der Waals surface area contributed by atoms with Crippen molar-refractivity contribution in [2.75, 3.05) is 26.2 Å². The summed E-state index contributed by atoms with van der Waals surface area (Å²) < 4.78 is 33.5. The van der Waals surface area contributed by atoms with Gasteiger partial charge in [-0.15, -0.1) is 11.3 Å². The van der Waals surface area contributed by atoms with Crippen molar-refractivity contribution < 1.29 is 17.9 Å². The molecule has 0 radical (unpaired) electrons. The zero-order valence-corrected chi connectivity index (χ0v) is 17.4. The van der Waals surface area contributed by atoms with Crippen molar-refractivity contribution in [1.82, 2.24) is 9.21 Å². The van der Waals surface area contributed by atoms with Gasteiger partial charge in [0.1, 0.15) is 9.96 Å². The smallest absolute Gasteiger partial charge is 0.263 e. The molecule has 0 spiro atoms. The van der Waals surface area contributed by atoms with E-state index in [2.05, 4.69) is 15.9 Å². The molecule has 140 valence electrons. The number of ether oxygens (including phenoxy) is 1. The lowest BCUT2D eigenvalue weighted by molar-refractivity contribution is -0.139. The number of para-hydroxylation sites is 1. The van der Waals surface area contributed by atoms with Crippen LogP contribution in [0.3, 0.4) is 0 Å². The maximum Gasteiger partial charge on any atom is 0.263 e. The molecule has 26 heavy (non-hydrogen) atoms. The van der Waals surface area contributed by atoms with Crippen LogP contribution in [0.25, 0.3) is 0 Å². The Bertz CT molecular complexity index is 862. The van der Waals surface area contributed by atoms with Gasteiger partial charge in [0.15, 0.2) is 6.10 Å². The minimum absolute atomic E-state index is 0.134. The van der Waals surface area contributed by atoms with Crippen molar-refractivity contribution in [2.24, 2.45) is 0 Å². The first-order chi connectivity index (χ1) is 12.4. The number of hydrogen-bond donors (Lipinski definition) is 0. The summed E-state index contributed by atoms with van der Waals surface area (Å²) in [5.41, 5.74) is 0. The Morgan fingerprint density at radius 3 is 2.35 bits per heavy atom. The molecule has 9 heteroatoms. The highest BCUT2D eigenvalue weighted by molar-refractivity contribution is 9.11. The van der Waals surface area contributed by atoms with E-state index in [9.17, 15) is 13.2 Å². The summed E-state index contributed by atoms with van der Waals surface area (Å²) in [5, 5.41) is 0. The van der Waals surface area contributed by atoms with E-state index >= 15 is 0 Å². The fourth-order valence-corrected chi connectivity index (χ4v) is 6.31. The first kappa shape index (κ1) is 19.3. The predicted octanol–water partition coefficient (Wildman–Crippen LogP) is 2.81. The zero-order valence-electron chi connectivity index (χ0n) is 14.2. The molecule has 1 atom stereocenters. The molecule has 0 aliphatic carbocycles. The minimum atomic E-state index is -3.51. The number of piperazine rings is 1. The second-order valence-corrected chi connectivity index (χ2v) is 10.5. The number of halogens is 1. The van der Waals surface area contributed by atoms with Gasteiger partial charge in [0, 0.05) is 26.2 Å². The molecule has 1 aliphatic heterocycles. The van der Waals surface area contributed by atoms with Gasteiger partial charge in [-0.1, -0.05) is 18.2 Å². The number of amides is 1. The first-order valence-electron chi connectivity index (χ1n) is 8.14. The van der Waals surface area contributed by atoms with Crippen LogP contribution in [0.5, 0.6) is 5.75 Å². The molecule has 1 unspecified atom stereocenters. The van der Waals surface area contributed by atoms with Crippen LogP contribution in [0.2, 0.25) is 0 Å². The van der Waals surface area contributed by atoms with Gasteiger partial charge >= 0.3 is 0 Å². The van der Waals surface area contributed by atoms with Crippen molar-refractivity contribution in [1.29, 1.82) is 0 Å². The van der Waals surface area contributed by atoms with Crippen LogP contribution in [0, 0.1) is 0 Å². The molecule has 2 heterocycles. The van der Waals surface area contributed by atoms with Crippen molar-refractivity contribution in [2.45, 2.75) is 17.2 Å². The monoisotopic (exact) mass is 458 g/mol. The summed E-state index contributed by atoms with van der Waals surface area (Å²) in [7, 11) is -3.51. The van der Waals surface area contributed by atoms with Crippen LogP contribution >= 0.6 is 27.3 Å². The lowest BCUT2D eigenvalue weighted by Gasteiger charge is -2.34. The Balaban J connectivity index is 1.58. The average molecular weight is 459 g/mol. The lowest BCUT2D eigenvalue weighted by Crippen LogP contribution is -2.53. The van der Waals surface area contributed by atoms with E-state index in [0.717, 1.165) is 3.79 Å². The second kappa shape index (κ2) is 8.08. The number of nitrogens with zero attached hydrogens (tertiary/aromatic N) is 2. The third-order valence-electron chi connectivity index (χ3n) is 4.10. The molecule has 0 N–H and O–H groups in total. The molecule has 1 aromatic heterocycles. The van der Waals surface area contributed by atoms with E-state index in [0.29, 0.717) is 23.0 Å². The Labute approximate surface area is 165 Å². The average Bonchev–Trinajstić information content (AvgIpc) is 3.09. The number of thiophene rings is 1. The number of rotatable bonds is 5. The topological polar surface area (TPSA) is 66.9 Å². The van der Waals surface area contributed by atoms with E-state index in [1.807, 2.05) is 18.2 Å². The fraction of sp³-hybridized carbons (Fsp3) is 0.353. The minimum Gasteiger partial charge on any atom is -0.481 e. The molecule has 0 bridgehead atoms. The molecule has 0 saturated carbocycles. The summed E-state index contributed by atoms with van der Waals surface area (Å²) in [4.78, 5) is 14.2. The van der Waals surface area contributed by atoms with Gasteiger partial charge in [-0.3, -0.25) is 4.79 Å². The number of carbonyl (C=O) groups is 1. The van der Waals surface area contributed by atoms with Crippen molar-refractivity contribution >= 4 is 43.2 Å². The van der Waals surface area contributed by atoms with E-state index in [4.69, 9.17) is 4.74 Å². The molecule has 6 nitrogen and oxygen atoms in total. The Kier molecular flexibility index (Phi) is 6.01. The molecule has 1 fully saturated rings. The number of sulfonamides is 1. The molecule has 1 aromatic carbocycles. The fourth-order valence-electron chi connectivity index (χ4n) is 2.72. The summed E-state index contributed by atoms with van der Waals surface area (Å²) in [6.07, 6.45) is -0.617. The molecule has 1 aliphatic rings. The third-order valence-corrected chi connectivity index (χ3v) is 8.09. The number of benzene rings is 1. The van der Waals surface area contributed by atoms with Gasteiger partial charge in [0.05, 0.1) is 3.79 Å². The standard InChI is InChI=1S/C17H19BrN2O4S2/c1-13(24-14-5-3-2-4-6-14)17(21)19-9-11-20(12-10-19)26(22,23)16-8-7-15(18)25-16/h2-8,13H,9-12H2,1H3. The first-order valence-corrected chi connectivity index (χ1v) is 11.2. The maximum absolute atomic E-state index is 12.6. The molecule has 2 aromatic rings. The SMILES string of the molecule is CC(Oc1ccccc1)C(=O)N1CCN(S(=O)(=O)c2ccc(Br)s2)CC1. The second-order valence-electron chi connectivity index (χ2n) is 5.86. The van der Waals surface area contributed by atoms with Crippen molar-refractivity contribution in [3.63, 3.8) is 0 Å². The van der Waals surface area contributed by atoms with Gasteiger partial charge in [-0.05, 0) is 47.1 Å². The summed E-state index contributed by atoms with van der Waals surface area (Å²) in [5.74, 6) is 0.502.